The van der Waals surface area contributed by atoms with Crippen molar-refractivity contribution in [3.05, 3.63) is 41.6 Å². The van der Waals surface area contributed by atoms with Crippen LogP contribution in [0.1, 0.15) is 24.1 Å². The largest absolute Gasteiger partial charge is 0.376 e. The molecular weight excluding hydrogens is 420 g/mol. The van der Waals surface area contributed by atoms with Crippen molar-refractivity contribution in [2.45, 2.75) is 37.1 Å². The number of hydrogen-bond donors (Lipinski definition) is 2. The maximum Gasteiger partial charge on any atom is 0.235 e. The Bertz CT molecular complexity index is 995. The van der Waals surface area contributed by atoms with E-state index in [1.807, 2.05) is 44.2 Å². The molecule has 1 aliphatic heterocycles. The van der Waals surface area contributed by atoms with Crippen LogP contribution in [0.25, 0.3) is 5.69 Å². The molecule has 4 rings (SSSR count). The first-order valence-electron chi connectivity index (χ1n) is 9.82. The second kappa shape index (κ2) is 9.59. The van der Waals surface area contributed by atoms with E-state index >= 15 is 0 Å². The predicted molar refractivity (Wildman–Crippen MR) is 120 cm³/mol. The Balaban J connectivity index is 1.31. The van der Waals surface area contributed by atoms with Crippen molar-refractivity contribution in [3.63, 3.8) is 0 Å². The Morgan fingerprint density at radius 2 is 2.13 bits per heavy atom. The fraction of sp³-hybridized carbons (Fsp3) is 0.400. The smallest absolute Gasteiger partial charge is 0.235 e. The molecule has 0 radical (unpaired) electrons. The number of carbonyl (C=O) groups is 1. The van der Waals surface area contributed by atoms with E-state index < -0.39 is 0 Å². The number of rotatable bonds is 8. The minimum absolute atomic E-state index is 0.114. The number of hydrogen-bond acceptors (Lipinski definition) is 8. The first kappa shape index (κ1) is 20.8. The van der Waals surface area contributed by atoms with Crippen molar-refractivity contribution >= 4 is 40.0 Å². The van der Waals surface area contributed by atoms with Gasteiger partial charge in [-0.15, -0.1) is 10.2 Å². The van der Waals surface area contributed by atoms with Crippen molar-refractivity contribution < 1.29 is 9.53 Å². The van der Waals surface area contributed by atoms with Gasteiger partial charge in [0.15, 0.2) is 4.34 Å². The number of aromatic nitrogens is 4. The first-order chi connectivity index (χ1) is 14.6. The van der Waals surface area contributed by atoms with Crippen LogP contribution in [0.15, 0.2) is 34.7 Å². The minimum Gasteiger partial charge on any atom is -0.376 e. The molecule has 3 heterocycles. The van der Waals surface area contributed by atoms with Gasteiger partial charge in [-0.25, -0.2) is 4.68 Å². The SMILES string of the molecule is Cc1ccc(-n2nc(C)cc2NC(=O)CSc2nnc(NC[C@@H]3CCCO3)s2)cc1. The highest BCUT2D eigenvalue weighted by Crippen LogP contribution is 2.26. The molecule has 1 fully saturated rings. The number of nitrogens with one attached hydrogen (secondary N) is 2. The summed E-state index contributed by atoms with van der Waals surface area (Å²) >= 11 is 2.82. The Morgan fingerprint density at radius 1 is 1.30 bits per heavy atom. The molecule has 0 bridgehead atoms. The molecule has 1 amide bonds. The van der Waals surface area contributed by atoms with Crippen molar-refractivity contribution in [2.24, 2.45) is 0 Å². The maximum absolute atomic E-state index is 12.5. The Hall–Kier alpha value is -2.43. The number of amides is 1. The molecule has 2 N–H and O–H groups in total. The second-order valence-electron chi connectivity index (χ2n) is 7.14. The van der Waals surface area contributed by atoms with Crippen LogP contribution in [-0.2, 0) is 9.53 Å². The highest BCUT2D eigenvalue weighted by atomic mass is 32.2. The normalized spacial score (nSPS) is 16.0. The molecule has 1 aliphatic rings. The molecule has 1 atom stereocenters. The first-order valence-corrected chi connectivity index (χ1v) is 11.6. The summed E-state index contributed by atoms with van der Waals surface area (Å²) in [7, 11) is 0. The highest BCUT2D eigenvalue weighted by molar-refractivity contribution is 8.01. The minimum atomic E-state index is -0.114. The van der Waals surface area contributed by atoms with Gasteiger partial charge in [-0.3, -0.25) is 4.79 Å². The lowest BCUT2D eigenvalue weighted by atomic mass is 10.2. The molecule has 0 spiro atoms. The average molecular weight is 445 g/mol. The molecule has 0 unspecified atom stereocenters. The van der Waals surface area contributed by atoms with Gasteiger partial charge in [0, 0.05) is 19.2 Å². The summed E-state index contributed by atoms with van der Waals surface area (Å²) in [5.74, 6) is 0.786. The van der Waals surface area contributed by atoms with Crippen LogP contribution in [0.3, 0.4) is 0 Å². The summed E-state index contributed by atoms with van der Waals surface area (Å²) in [6.07, 6.45) is 2.44. The van der Waals surface area contributed by atoms with Gasteiger partial charge in [0.2, 0.25) is 11.0 Å². The predicted octanol–water partition coefficient (Wildman–Crippen LogP) is 3.66. The summed E-state index contributed by atoms with van der Waals surface area (Å²) < 4.78 is 8.09. The van der Waals surface area contributed by atoms with Gasteiger partial charge in [-0.2, -0.15) is 5.10 Å². The Labute approximate surface area is 183 Å². The summed E-state index contributed by atoms with van der Waals surface area (Å²) in [5, 5.41) is 19.7. The maximum atomic E-state index is 12.5. The molecule has 158 valence electrons. The molecular formula is C20H24N6O2S2. The molecule has 0 aliphatic carbocycles. The number of benzene rings is 1. The quantitative estimate of drug-likeness (QED) is 0.512. The van der Waals surface area contributed by atoms with Crippen molar-refractivity contribution in [1.82, 2.24) is 20.0 Å². The lowest BCUT2D eigenvalue weighted by Crippen LogP contribution is -2.18. The summed E-state index contributed by atoms with van der Waals surface area (Å²) in [6, 6.07) is 9.87. The molecule has 30 heavy (non-hydrogen) atoms. The number of thioether (sulfide) groups is 1. The second-order valence-corrected chi connectivity index (χ2v) is 9.34. The van der Waals surface area contributed by atoms with Gasteiger partial charge in [0.1, 0.15) is 5.82 Å². The third kappa shape index (κ3) is 5.38. The number of aryl methyl sites for hydroxylation is 2. The zero-order valence-electron chi connectivity index (χ0n) is 16.9. The van der Waals surface area contributed by atoms with Crippen LogP contribution in [0.2, 0.25) is 0 Å². The standard InChI is InChI=1S/C20H24N6O2S2/c1-13-5-7-15(8-6-13)26-17(10-14(2)25-26)22-18(27)12-29-20-24-23-19(30-20)21-11-16-4-3-9-28-16/h5-8,10,16H,3-4,9,11-12H2,1-2H3,(H,21,23)(H,22,27)/t16-/m0/s1. The van der Waals surface area contributed by atoms with Crippen molar-refractivity contribution in [2.75, 3.05) is 29.5 Å². The summed E-state index contributed by atoms with van der Waals surface area (Å²) in [4.78, 5) is 12.5. The highest BCUT2D eigenvalue weighted by Gasteiger charge is 2.16. The van der Waals surface area contributed by atoms with Gasteiger partial charge in [0.05, 0.1) is 23.2 Å². The summed E-state index contributed by atoms with van der Waals surface area (Å²) in [6.45, 7) is 5.51. The van der Waals surface area contributed by atoms with Gasteiger partial charge in [-0.1, -0.05) is 40.8 Å². The van der Waals surface area contributed by atoms with E-state index in [2.05, 4.69) is 25.9 Å². The van der Waals surface area contributed by atoms with Crippen LogP contribution in [0.5, 0.6) is 0 Å². The number of nitrogens with zero attached hydrogens (tertiary/aromatic N) is 4. The lowest BCUT2D eigenvalue weighted by Gasteiger charge is -2.09. The van der Waals surface area contributed by atoms with Crippen molar-refractivity contribution in [1.29, 1.82) is 0 Å². The molecule has 1 saturated heterocycles. The molecule has 2 aromatic heterocycles. The Kier molecular flexibility index (Phi) is 6.66. The molecule has 0 saturated carbocycles. The van der Waals surface area contributed by atoms with Gasteiger partial charge < -0.3 is 15.4 Å². The van der Waals surface area contributed by atoms with E-state index in [0.29, 0.717) is 5.82 Å². The Morgan fingerprint density at radius 3 is 2.90 bits per heavy atom. The van der Waals surface area contributed by atoms with E-state index in [0.717, 1.165) is 46.8 Å². The fourth-order valence-corrected chi connectivity index (χ4v) is 4.68. The third-order valence-corrected chi connectivity index (χ3v) is 6.63. The van der Waals surface area contributed by atoms with E-state index in [1.165, 1.54) is 28.7 Å². The number of anilines is 2. The van der Waals surface area contributed by atoms with Gasteiger partial charge in [-0.05, 0) is 38.8 Å². The topological polar surface area (TPSA) is 94.0 Å². The summed E-state index contributed by atoms with van der Waals surface area (Å²) in [5.41, 5.74) is 2.92. The van der Waals surface area contributed by atoms with Crippen LogP contribution in [0, 0.1) is 13.8 Å². The zero-order chi connectivity index (χ0) is 20.9. The monoisotopic (exact) mass is 444 g/mol. The van der Waals surface area contributed by atoms with Crippen molar-refractivity contribution in [3.8, 4) is 5.69 Å². The zero-order valence-corrected chi connectivity index (χ0v) is 18.6. The van der Waals surface area contributed by atoms with E-state index in [-0.39, 0.29) is 17.8 Å². The molecule has 10 heteroatoms. The average Bonchev–Trinajstić information content (AvgIpc) is 3.47. The lowest BCUT2D eigenvalue weighted by molar-refractivity contribution is -0.113. The van der Waals surface area contributed by atoms with Crippen LogP contribution in [-0.4, -0.2) is 50.9 Å². The van der Waals surface area contributed by atoms with Gasteiger partial charge >= 0.3 is 0 Å². The molecule has 1 aromatic carbocycles. The van der Waals surface area contributed by atoms with E-state index in [1.54, 1.807) is 4.68 Å². The molecule has 3 aromatic rings. The van der Waals surface area contributed by atoms with E-state index in [9.17, 15) is 4.79 Å². The van der Waals surface area contributed by atoms with E-state index in [4.69, 9.17) is 4.74 Å². The third-order valence-electron chi connectivity index (χ3n) is 4.62. The number of carbonyl (C=O) groups excluding carboxylic acids is 1. The van der Waals surface area contributed by atoms with Crippen LogP contribution < -0.4 is 10.6 Å². The number of ether oxygens (including phenoxy) is 1. The van der Waals surface area contributed by atoms with Gasteiger partial charge in [0.25, 0.3) is 0 Å². The van der Waals surface area contributed by atoms with Crippen LogP contribution >= 0.6 is 23.1 Å². The molecule has 8 nitrogen and oxygen atoms in total. The van der Waals surface area contributed by atoms with Crippen LogP contribution in [0.4, 0.5) is 10.9 Å². The fourth-order valence-electron chi connectivity index (χ4n) is 3.12.